The van der Waals surface area contributed by atoms with E-state index in [-0.39, 0.29) is 26.4 Å². The fraction of sp³-hybridized carbons (Fsp3) is 1.00. The molecule has 2 N–H and O–H groups in total. The van der Waals surface area contributed by atoms with Crippen molar-refractivity contribution in [2.24, 2.45) is 0 Å². The molecule has 0 aliphatic heterocycles. The molecule has 0 aromatic rings. The zero-order valence-electron chi connectivity index (χ0n) is 8.65. The maximum Gasteiger partial charge on any atom is 0.101 e. The van der Waals surface area contributed by atoms with Crippen LogP contribution < -0.4 is 0 Å². The van der Waals surface area contributed by atoms with E-state index >= 15 is 0 Å². The number of aliphatic hydroxyl groups is 2. The summed E-state index contributed by atoms with van der Waals surface area (Å²) in [6, 6.07) is 0. The highest BCUT2D eigenvalue weighted by Crippen LogP contribution is 1.88. The van der Waals surface area contributed by atoms with Gasteiger partial charge in [0.2, 0.25) is 0 Å². The minimum absolute atomic E-state index is 0.0298. The molecular weight excluding hydrogens is 188 g/mol. The first kappa shape index (κ1) is 13.8. The van der Waals surface area contributed by atoms with Crippen LogP contribution in [-0.2, 0) is 14.2 Å². The zero-order valence-corrected chi connectivity index (χ0v) is 8.65. The third-order valence-electron chi connectivity index (χ3n) is 1.43. The summed E-state index contributed by atoms with van der Waals surface area (Å²) in [7, 11) is 0. The SMILES string of the molecule is CCOCCOCC(O)COCCO. The Balaban J connectivity index is 3.06. The Morgan fingerprint density at radius 1 is 1.00 bits per heavy atom. The van der Waals surface area contributed by atoms with Gasteiger partial charge in [0.15, 0.2) is 0 Å². The molecule has 0 rings (SSSR count). The number of ether oxygens (including phenoxy) is 3. The maximum absolute atomic E-state index is 9.26. The Hall–Kier alpha value is -0.200. The van der Waals surface area contributed by atoms with Gasteiger partial charge in [0.25, 0.3) is 0 Å². The fourth-order valence-electron chi connectivity index (χ4n) is 0.814. The summed E-state index contributed by atoms with van der Waals surface area (Å²) in [5.41, 5.74) is 0. The molecule has 0 fully saturated rings. The highest BCUT2D eigenvalue weighted by Gasteiger charge is 2.03. The van der Waals surface area contributed by atoms with E-state index in [1.165, 1.54) is 0 Å². The van der Waals surface area contributed by atoms with E-state index in [1.807, 2.05) is 6.92 Å². The van der Waals surface area contributed by atoms with Crippen LogP contribution in [0, 0.1) is 0 Å². The van der Waals surface area contributed by atoms with Gasteiger partial charge < -0.3 is 24.4 Å². The van der Waals surface area contributed by atoms with Crippen molar-refractivity contribution in [2.45, 2.75) is 13.0 Å². The summed E-state index contributed by atoms with van der Waals surface area (Å²) in [5, 5.41) is 17.7. The van der Waals surface area contributed by atoms with Crippen LogP contribution in [0.4, 0.5) is 0 Å². The standard InChI is InChI=1S/C9H20O5/c1-2-12-5-6-14-8-9(11)7-13-4-3-10/h9-11H,2-8H2,1H3. The molecule has 86 valence electrons. The first-order chi connectivity index (χ1) is 6.81. The van der Waals surface area contributed by atoms with Crippen LogP contribution in [0.2, 0.25) is 0 Å². The number of aliphatic hydroxyl groups excluding tert-OH is 2. The van der Waals surface area contributed by atoms with E-state index in [0.717, 1.165) is 0 Å². The monoisotopic (exact) mass is 208 g/mol. The molecule has 14 heavy (non-hydrogen) atoms. The second-order valence-corrected chi connectivity index (χ2v) is 2.72. The smallest absolute Gasteiger partial charge is 0.101 e. The summed E-state index contributed by atoms with van der Waals surface area (Å²) in [5.74, 6) is 0. The molecule has 5 nitrogen and oxygen atoms in total. The van der Waals surface area contributed by atoms with Crippen LogP contribution in [0.3, 0.4) is 0 Å². The van der Waals surface area contributed by atoms with Gasteiger partial charge in [-0.15, -0.1) is 0 Å². The molecule has 0 spiro atoms. The molecule has 5 heteroatoms. The lowest BCUT2D eigenvalue weighted by Gasteiger charge is -2.11. The second kappa shape index (κ2) is 10.9. The fourth-order valence-corrected chi connectivity index (χ4v) is 0.814. The molecule has 0 aromatic carbocycles. The molecule has 1 unspecified atom stereocenters. The molecule has 0 aromatic heterocycles. The number of rotatable bonds is 10. The van der Waals surface area contributed by atoms with E-state index in [4.69, 9.17) is 19.3 Å². The van der Waals surface area contributed by atoms with E-state index in [1.54, 1.807) is 0 Å². The van der Waals surface area contributed by atoms with Crippen molar-refractivity contribution in [3.63, 3.8) is 0 Å². The quantitative estimate of drug-likeness (QED) is 0.470. The van der Waals surface area contributed by atoms with Crippen LogP contribution in [0.15, 0.2) is 0 Å². The molecule has 1 atom stereocenters. The highest BCUT2D eigenvalue weighted by molar-refractivity contribution is 4.50. The van der Waals surface area contributed by atoms with Crippen LogP contribution in [0.5, 0.6) is 0 Å². The molecular formula is C9H20O5. The summed E-state index contributed by atoms with van der Waals surface area (Å²) in [4.78, 5) is 0. The lowest BCUT2D eigenvalue weighted by molar-refractivity contribution is -0.0356. The van der Waals surface area contributed by atoms with Crippen molar-refractivity contribution in [3.8, 4) is 0 Å². The maximum atomic E-state index is 9.26. The van der Waals surface area contributed by atoms with Gasteiger partial charge in [-0.1, -0.05) is 0 Å². The van der Waals surface area contributed by atoms with Crippen molar-refractivity contribution >= 4 is 0 Å². The molecule has 0 bridgehead atoms. The average molecular weight is 208 g/mol. The minimum atomic E-state index is -0.636. The summed E-state index contributed by atoms with van der Waals surface area (Å²) in [6.07, 6.45) is -0.636. The number of hydrogen-bond donors (Lipinski definition) is 2. The van der Waals surface area contributed by atoms with Crippen LogP contribution in [0.25, 0.3) is 0 Å². The Kier molecular flexibility index (Phi) is 10.7. The number of hydrogen-bond acceptors (Lipinski definition) is 5. The van der Waals surface area contributed by atoms with E-state index in [0.29, 0.717) is 19.8 Å². The Morgan fingerprint density at radius 2 is 1.57 bits per heavy atom. The molecule has 0 aliphatic rings. The van der Waals surface area contributed by atoms with Crippen molar-refractivity contribution in [1.29, 1.82) is 0 Å². The molecule has 0 saturated carbocycles. The van der Waals surface area contributed by atoms with E-state index < -0.39 is 6.10 Å². The van der Waals surface area contributed by atoms with Gasteiger partial charge in [0, 0.05) is 6.61 Å². The third kappa shape index (κ3) is 9.88. The third-order valence-corrected chi connectivity index (χ3v) is 1.43. The summed E-state index contributed by atoms with van der Waals surface area (Å²) < 4.78 is 15.1. The van der Waals surface area contributed by atoms with E-state index in [9.17, 15) is 5.11 Å². The second-order valence-electron chi connectivity index (χ2n) is 2.72. The molecule has 0 radical (unpaired) electrons. The van der Waals surface area contributed by atoms with Crippen molar-refractivity contribution in [1.82, 2.24) is 0 Å². The minimum Gasteiger partial charge on any atom is -0.394 e. The Labute approximate surface area is 84.6 Å². The normalized spacial score (nSPS) is 13.1. The molecule has 0 saturated heterocycles. The van der Waals surface area contributed by atoms with Crippen molar-refractivity contribution < 1.29 is 24.4 Å². The van der Waals surface area contributed by atoms with E-state index in [2.05, 4.69) is 0 Å². The molecule has 0 amide bonds. The van der Waals surface area contributed by atoms with Gasteiger partial charge in [-0.05, 0) is 6.92 Å². The summed E-state index contributed by atoms with van der Waals surface area (Å²) >= 11 is 0. The molecule has 0 aliphatic carbocycles. The van der Waals surface area contributed by atoms with Crippen LogP contribution >= 0.6 is 0 Å². The lowest BCUT2D eigenvalue weighted by Crippen LogP contribution is -2.23. The van der Waals surface area contributed by atoms with Crippen molar-refractivity contribution in [3.05, 3.63) is 0 Å². The largest absolute Gasteiger partial charge is 0.394 e. The predicted octanol–water partition coefficient (Wildman–Crippen LogP) is -0.591. The van der Waals surface area contributed by atoms with Gasteiger partial charge in [0.1, 0.15) is 6.10 Å². The average Bonchev–Trinajstić information content (AvgIpc) is 2.18. The van der Waals surface area contributed by atoms with Crippen LogP contribution in [-0.4, -0.2) is 62.6 Å². The topological polar surface area (TPSA) is 68.2 Å². The summed E-state index contributed by atoms with van der Waals surface area (Å²) in [6.45, 7) is 4.25. The van der Waals surface area contributed by atoms with Crippen LogP contribution in [0.1, 0.15) is 6.92 Å². The Bertz CT molecular complexity index is 109. The highest BCUT2D eigenvalue weighted by atomic mass is 16.5. The zero-order chi connectivity index (χ0) is 10.6. The van der Waals surface area contributed by atoms with Gasteiger partial charge in [-0.3, -0.25) is 0 Å². The predicted molar refractivity (Wildman–Crippen MR) is 51.2 cm³/mol. The first-order valence-electron chi connectivity index (χ1n) is 4.83. The van der Waals surface area contributed by atoms with Gasteiger partial charge >= 0.3 is 0 Å². The Morgan fingerprint density at radius 3 is 2.14 bits per heavy atom. The lowest BCUT2D eigenvalue weighted by atomic mass is 10.4. The van der Waals surface area contributed by atoms with Gasteiger partial charge in [-0.2, -0.15) is 0 Å². The first-order valence-corrected chi connectivity index (χ1v) is 4.83. The van der Waals surface area contributed by atoms with Gasteiger partial charge in [0.05, 0.1) is 39.6 Å². The molecule has 0 heterocycles. The van der Waals surface area contributed by atoms with Crippen molar-refractivity contribution in [2.75, 3.05) is 46.2 Å². The van der Waals surface area contributed by atoms with Gasteiger partial charge in [-0.25, -0.2) is 0 Å².